The van der Waals surface area contributed by atoms with Gasteiger partial charge in [0.2, 0.25) is 0 Å². The molecular formula is C13H18N2O3. The Labute approximate surface area is 106 Å². The van der Waals surface area contributed by atoms with Crippen molar-refractivity contribution in [1.82, 2.24) is 10.8 Å². The Morgan fingerprint density at radius 3 is 3.17 bits per heavy atom. The van der Waals surface area contributed by atoms with Crippen molar-refractivity contribution in [1.29, 1.82) is 0 Å². The first-order valence-corrected chi connectivity index (χ1v) is 6.21. The minimum absolute atomic E-state index is 0.0378. The van der Waals surface area contributed by atoms with Crippen LogP contribution in [0, 0.1) is 0 Å². The number of ether oxygens (including phenoxy) is 1. The SMILES string of the molecule is CCONC(=O)N[C@H]1CCCOc2ccccc21. The van der Waals surface area contributed by atoms with Crippen LogP contribution < -0.4 is 15.5 Å². The molecule has 1 aromatic rings. The van der Waals surface area contributed by atoms with Crippen LogP contribution in [0.3, 0.4) is 0 Å². The number of benzene rings is 1. The van der Waals surface area contributed by atoms with Crippen LogP contribution in [0.25, 0.3) is 0 Å². The molecule has 0 bridgehead atoms. The Morgan fingerprint density at radius 1 is 1.50 bits per heavy atom. The van der Waals surface area contributed by atoms with Crippen LogP contribution >= 0.6 is 0 Å². The van der Waals surface area contributed by atoms with Crippen LogP contribution in [-0.4, -0.2) is 19.2 Å². The van der Waals surface area contributed by atoms with E-state index in [0.29, 0.717) is 13.2 Å². The number of rotatable bonds is 3. The van der Waals surface area contributed by atoms with Gasteiger partial charge in [-0.05, 0) is 25.8 Å². The molecule has 0 aliphatic carbocycles. The maximum atomic E-state index is 11.6. The summed E-state index contributed by atoms with van der Waals surface area (Å²) in [5.41, 5.74) is 3.36. The quantitative estimate of drug-likeness (QED) is 0.808. The summed E-state index contributed by atoms with van der Waals surface area (Å²) in [5.74, 6) is 0.844. The molecule has 1 aromatic carbocycles. The summed E-state index contributed by atoms with van der Waals surface area (Å²) < 4.78 is 5.64. The second-order valence-corrected chi connectivity index (χ2v) is 4.09. The third-order valence-electron chi connectivity index (χ3n) is 2.80. The van der Waals surface area contributed by atoms with Gasteiger partial charge in [-0.2, -0.15) is 0 Å². The first kappa shape index (κ1) is 12.7. The topological polar surface area (TPSA) is 59.6 Å². The molecule has 0 saturated heterocycles. The smallest absolute Gasteiger partial charge is 0.339 e. The molecule has 1 heterocycles. The van der Waals surface area contributed by atoms with Crippen molar-refractivity contribution in [2.24, 2.45) is 0 Å². The van der Waals surface area contributed by atoms with Crippen LogP contribution in [0.4, 0.5) is 4.79 Å². The summed E-state index contributed by atoms with van der Waals surface area (Å²) in [6.45, 7) is 2.94. The number of carbonyl (C=O) groups excluding carboxylic acids is 1. The molecule has 0 radical (unpaired) electrons. The molecular weight excluding hydrogens is 232 g/mol. The molecule has 0 fully saturated rings. The molecule has 5 heteroatoms. The second-order valence-electron chi connectivity index (χ2n) is 4.09. The lowest BCUT2D eigenvalue weighted by Crippen LogP contribution is -2.37. The average Bonchev–Trinajstić information content (AvgIpc) is 2.59. The Bertz CT molecular complexity index is 409. The summed E-state index contributed by atoms with van der Waals surface area (Å²) in [4.78, 5) is 16.5. The Balaban J connectivity index is 2.06. The summed E-state index contributed by atoms with van der Waals surface area (Å²) >= 11 is 0. The van der Waals surface area contributed by atoms with Crippen molar-refractivity contribution in [3.8, 4) is 5.75 Å². The van der Waals surface area contributed by atoms with Gasteiger partial charge >= 0.3 is 6.03 Å². The van der Waals surface area contributed by atoms with Gasteiger partial charge in [-0.3, -0.25) is 4.84 Å². The third-order valence-corrected chi connectivity index (χ3v) is 2.80. The fraction of sp³-hybridized carbons (Fsp3) is 0.462. The van der Waals surface area contributed by atoms with E-state index >= 15 is 0 Å². The first-order valence-electron chi connectivity index (χ1n) is 6.21. The van der Waals surface area contributed by atoms with Gasteiger partial charge in [0.1, 0.15) is 5.75 Å². The lowest BCUT2D eigenvalue weighted by Gasteiger charge is -2.18. The number of para-hydroxylation sites is 1. The molecule has 0 aromatic heterocycles. The van der Waals surface area contributed by atoms with Gasteiger partial charge in [-0.15, -0.1) is 0 Å². The van der Waals surface area contributed by atoms with E-state index in [0.717, 1.165) is 24.2 Å². The van der Waals surface area contributed by atoms with Crippen molar-refractivity contribution >= 4 is 6.03 Å². The molecule has 2 amide bonds. The number of amides is 2. The van der Waals surface area contributed by atoms with Gasteiger partial charge in [-0.1, -0.05) is 18.2 Å². The zero-order valence-corrected chi connectivity index (χ0v) is 10.4. The van der Waals surface area contributed by atoms with Gasteiger partial charge < -0.3 is 10.1 Å². The highest BCUT2D eigenvalue weighted by Crippen LogP contribution is 2.30. The van der Waals surface area contributed by atoms with E-state index in [4.69, 9.17) is 9.57 Å². The van der Waals surface area contributed by atoms with Crippen molar-refractivity contribution < 1.29 is 14.4 Å². The highest BCUT2D eigenvalue weighted by molar-refractivity contribution is 5.73. The van der Waals surface area contributed by atoms with E-state index in [9.17, 15) is 4.79 Å². The maximum absolute atomic E-state index is 11.6. The van der Waals surface area contributed by atoms with Gasteiger partial charge in [0.05, 0.1) is 19.3 Å². The number of hydrogen-bond acceptors (Lipinski definition) is 3. The molecule has 98 valence electrons. The molecule has 0 spiro atoms. The number of carbonyl (C=O) groups is 1. The van der Waals surface area contributed by atoms with Crippen molar-refractivity contribution in [3.05, 3.63) is 29.8 Å². The largest absolute Gasteiger partial charge is 0.493 e. The van der Waals surface area contributed by atoms with E-state index in [-0.39, 0.29) is 12.1 Å². The van der Waals surface area contributed by atoms with Crippen LogP contribution in [0.15, 0.2) is 24.3 Å². The Hall–Kier alpha value is -1.75. The van der Waals surface area contributed by atoms with Gasteiger partial charge in [-0.25, -0.2) is 10.3 Å². The lowest BCUT2D eigenvalue weighted by molar-refractivity contribution is 0.0694. The van der Waals surface area contributed by atoms with Gasteiger partial charge in [0.25, 0.3) is 0 Å². The number of hydrogen-bond donors (Lipinski definition) is 2. The highest BCUT2D eigenvalue weighted by atomic mass is 16.7. The van der Waals surface area contributed by atoms with E-state index < -0.39 is 0 Å². The highest BCUT2D eigenvalue weighted by Gasteiger charge is 2.20. The maximum Gasteiger partial charge on any atom is 0.339 e. The fourth-order valence-corrected chi connectivity index (χ4v) is 2.00. The van der Waals surface area contributed by atoms with Gasteiger partial charge in [0.15, 0.2) is 0 Å². The lowest BCUT2D eigenvalue weighted by atomic mass is 10.0. The summed E-state index contributed by atoms with van der Waals surface area (Å²) in [5, 5.41) is 2.89. The number of nitrogens with one attached hydrogen (secondary N) is 2. The van der Waals surface area contributed by atoms with E-state index in [1.54, 1.807) is 0 Å². The Morgan fingerprint density at radius 2 is 2.33 bits per heavy atom. The number of fused-ring (bicyclic) bond motifs is 1. The molecule has 2 rings (SSSR count). The molecule has 1 aliphatic heterocycles. The van der Waals surface area contributed by atoms with E-state index in [2.05, 4.69) is 10.8 Å². The number of hydroxylamine groups is 1. The Kier molecular flexibility index (Phi) is 4.41. The number of urea groups is 1. The van der Waals surface area contributed by atoms with Crippen LogP contribution in [0.5, 0.6) is 5.75 Å². The van der Waals surface area contributed by atoms with Crippen LogP contribution in [0.1, 0.15) is 31.4 Å². The molecule has 18 heavy (non-hydrogen) atoms. The zero-order chi connectivity index (χ0) is 12.8. The molecule has 1 aliphatic rings. The first-order chi connectivity index (χ1) is 8.81. The minimum atomic E-state index is -0.321. The van der Waals surface area contributed by atoms with E-state index in [1.807, 2.05) is 31.2 Å². The second kappa shape index (κ2) is 6.26. The van der Waals surface area contributed by atoms with Crippen molar-refractivity contribution in [3.63, 3.8) is 0 Å². The van der Waals surface area contributed by atoms with Crippen LogP contribution in [-0.2, 0) is 4.84 Å². The summed E-state index contributed by atoms with van der Waals surface area (Å²) in [7, 11) is 0. The van der Waals surface area contributed by atoms with Gasteiger partial charge in [0, 0.05) is 5.56 Å². The van der Waals surface area contributed by atoms with Crippen LogP contribution in [0.2, 0.25) is 0 Å². The minimum Gasteiger partial charge on any atom is -0.493 e. The molecule has 0 saturated carbocycles. The fourth-order valence-electron chi connectivity index (χ4n) is 2.00. The average molecular weight is 250 g/mol. The summed E-state index contributed by atoms with van der Waals surface area (Å²) in [6.07, 6.45) is 1.77. The summed E-state index contributed by atoms with van der Waals surface area (Å²) in [6, 6.07) is 7.43. The predicted octanol–water partition coefficient (Wildman–Crippen LogP) is 2.15. The van der Waals surface area contributed by atoms with E-state index in [1.165, 1.54) is 0 Å². The predicted molar refractivity (Wildman–Crippen MR) is 67.2 cm³/mol. The molecule has 1 atom stereocenters. The third kappa shape index (κ3) is 3.13. The molecule has 2 N–H and O–H groups in total. The zero-order valence-electron chi connectivity index (χ0n) is 10.4. The monoisotopic (exact) mass is 250 g/mol. The molecule has 0 unspecified atom stereocenters. The molecule has 5 nitrogen and oxygen atoms in total. The van der Waals surface area contributed by atoms with Crippen molar-refractivity contribution in [2.45, 2.75) is 25.8 Å². The normalized spacial score (nSPS) is 18.2. The standard InChI is InChI=1S/C13H18N2O3/c1-2-18-15-13(16)14-11-7-5-9-17-12-8-4-3-6-10(11)12/h3-4,6,8,11H,2,5,7,9H2,1H3,(H2,14,15,16)/t11-/m0/s1. The van der Waals surface area contributed by atoms with Crippen molar-refractivity contribution in [2.75, 3.05) is 13.2 Å².